The van der Waals surface area contributed by atoms with Gasteiger partial charge in [0.25, 0.3) is 5.91 Å². The van der Waals surface area contributed by atoms with E-state index in [1.54, 1.807) is 24.3 Å². The molecule has 4 rings (SSSR count). The van der Waals surface area contributed by atoms with Crippen LogP contribution in [0.2, 0.25) is 0 Å². The Bertz CT molecular complexity index is 1200. The third kappa shape index (κ3) is 4.90. The molecule has 0 fully saturated rings. The predicted molar refractivity (Wildman–Crippen MR) is 132 cm³/mol. The largest absolute Gasteiger partial charge is 0.508 e. The summed E-state index contributed by atoms with van der Waals surface area (Å²) in [6.45, 7) is 4.20. The molecular weight excluding hydrogens is 410 g/mol. The fraction of sp³-hybridized carbons (Fsp3) is 0.138. The van der Waals surface area contributed by atoms with E-state index in [0.29, 0.717) is 5.56 Å². The molecule has 4 heteroatoms. The summed E-state index contributed by atoms with van der Waals surface area (Å²) in [6.07, 6.45) is 0. The fourth-order valence-electron chi connectivity index (χ4n) is 4.14. The van der Waals surface area contributed by atoms with Gasteiger partial charge in [0.15, 0.2) is 0 Å². The Balaban J connectivity index is 1.79. The SMILES string of the molecule is CC(C)c1ccccc1NC(=O)c1ccccc1C(c1ccc(O)cc1)c1ccc(O)cc1. The molecule has 0 aliphatic carbocycles. The van der Waals surface area contributed by atoms with E-state index >= 15 is 0 Å². The van der Waals surface area contributed by atoms with Crippen molar-refractivity contribution in [2.24, 2.45) is 0 Å². The standard InChI is InChI=1S/C29H27NO3/c1-19(2)24-7-5-6-10-27(24)30-29(33)26-9-4-3-8-25(26)28(20-11-15-22(31)16-12-20)21-13-17-23(32)18-14-21/h3-19,28,31-32H,1-2H3,(H,30,33). The van der Waals surface area contributed by atoms with E-state index in [1.165, 1.54) is 0 Å². The third-order valence-electron chi connectivity index (χ3n) is 5.80. The van der Waals surface area contributed by atoms with Crippen molar-refractivity contribution >= 4 is 11.6 Å². The molecule has 0 heterocycles. The lowest BCUT2D eigenvalue weighted by molar-refractivity contribution is 0.102. The Hall–Kier alpha value is -4.05. The highest BCUT2D eigenvalue weighted by atomic mass is 16.3. The monoisotopic (exact) mass is 437 g/mol. The maximum Gasteiger partial charge on any atom is 0.255 e. The second-order valence-corrected chi connectivity index (χ2v) is 8.40. The topological polar surface area (TPSA) is 69.6 Å². The Kier molecular flexibility index (Phi) is 6.45. The van der Waals surface area contributed by atoms with Crippen LogP contribution in [-0.4, -0.2) is 16.1 Å². The maximum absolute atomic E-state index is 13.5. The van der Waals surface area contributed by atoms with Gasteiger partial charge in [-0.3, -0.25) is 4.79 Å². The molecule has 0 bridgehead atoms. The zero-order valence-corrected chi connectivity index (χ0v) is 18.7. The molecule has 0 aliphatic rings. The summed E-state index contributed by atoms with van der Waals surface area (Å²) in [5.74, 6) is 0.201. The van der Waals surface area contributed by atoms with Crippen LogP contribution in [0.5, 0.6) is 11.5 Å². The molecular formula is C29H27NO3. The normalized spacial score (nSPS) is 11.0. The second kappa shape index (κ2) is 9.61. The lowest BCUT2D eigenvalue weighted by Gasteiger charge is -2.22. The molecule has 0 atom stereocenters. The van der Waals surface area contributed by atoms with Gasteiger partial charge in [-0.05, 0) is 64.6 Å². The molecule has 4 aromatic rings. The average molecular weight is 438 g/mol. The van der Waals surface area contributed by atoms with Crippen molar-refractivity contribution in [1.29, 1.82) is 0 Å². The van der Waals surface area contributed by atoms with Crippen LogP contribution in [-0.2, 0) is 0 Å². The number of anilines is 1. The van der Waals surface area contributed by atoms with Crippen LogP contribution in [0.25, 0.3) is 0 Å². The van der Waals surface area contributed by atoms with E-state index in [2.05, 4.69) is 19.2 Å². The van der Waals surface area contributed by atoms with Crippen molar-refractivity contribution in [3.8, 4) is 11.5 Å². The highest BCUT2D eigenvalue weighted by Crippen LogP contribution is 2.36. The first-order valence-electron chi connectivity index (χ1n) is 11.0. The van der Waals surface area contributed by atoms with Crippen molar-refractivity contribution in [2.45, 2.75) is 25.7 Å². The predicted octanol–water partition coefficient (Wildman–Crippen LogP) is 6.65. The summed E-state index contributed by atoms with van der Waals surface area (Å²) >= 11 is 0. The first-order chi connectivity index (χ1) is 15.9. The molecule has 0 spiro atoms. The van der Waals surface area contributed by atoms with E-state index in [-0.39, 0.29) is 29.2 Å². The van der Waals surface area contributed by atoms with E-state index in [1.807, 2.05) is 72.8 Å². The highest BCUT2D eigenvalue weighted by Gasteiger charge is 2.23. The van der Waals surface area contributed by atoms with Gasteiger partial charge >= 0.3 is 0 Å². The lowest BCUT2D eigenvalue weighted by Crippen LogP contribution is -2.18. The van der Waals surface area contributed by atoms with Gasteiger partial charge in [0.2, 0.25) is 0 Å². The Morgan fingerprint density at radius 1 is 0.667 bits per heavy atom. The lowest BCUT2D eigenvalue weighted by atomic mass is 9.82. The average Bonchev–Trinajstić information content (AvgIpc) is 2.82. The quantitative estimate of drug-likeness (QED) is 0.296. The molecule has 0 saturated heterocycles. The minimum Gasteiger partial charge on any atom is -0.508 e. The van der Waals surface area contributed by atoms with E-state index < -0.39 is 0 Å². The van der Waals surface area contributed by atoms with Crippen LogP contribution in [0.3, 0.4) is 0 Å². The molecule has 166 valence electrons. The minimum absolute atomic E-state index is 0.179. The van der Waals surface area contributed by atoms with Gasteiger partial charge in [0.1, 0.15) is 11.5 Å². The molecule has 0 radical (unpaired) electrons. The number of nitrogens with one attached hydrogen (secondary N) is 1. The van der Waals surface area contributed by atoms with Gasteiger partial charge < -0.3 is 15.5 Å². The summed E-state index contributed by atoms with van der Waals surface area (Å²) in [6, 6.07) is 29.4. The van der Waals surface area contributed by atoms with Gasteiger partial charge in [-0.2, -0.15) is 0 Å². The van der Waals surface area contributed by atoms with Crippen molar-refractivity contribution in [3.05, 3.63) is 125 Å². The summed E-state index contributed by atoms with van der Waals surface area (Å²) < 4.78 is 0. The number of rotatable bonds is 6. The van der Waals surface area contributed by atoms with Gasteiger partial charge in [0.05, 0.1) is 0 Å². The zero-order valence-electron chi connectivity index (χ0n) is 18.7. The van der Waals surface area contributed by atoms with Crippen LogP contribution in [0.4, 0.5) is 5.69 Å². The van der Waals surface area contributed by atoms with E-state index in [0.717, 1.165) is 27.9 Å². The number of para-hydroxylation sites is 1. The summed E-state index contributed by atoms with van der Waals surface area (Å²) in [5, 5.41) is 22.7. The number of phenolic OH excluding ortho intramolecular Hbond substituents is 2. The minimum atomic E-state index is -0.256. The Labute approximate surface area is 194 Å². The molecule has 1 amide bonds. The van der Waals surface area contributed by atoms with Gasteiger partial charge in [-0.25, -0.2) is 0 Å². The number of carbonyl (C=O) groups excluding carboxylic acids is 1. The molecule has 0 aliphatic heterocycles. The summed E-state index contributed by atoms with van der Waals surface area (Å²) in [7, 11) is 0. The summed E-state index contributed by atoms with van der Waals surface area (Å²) in [4.78, 5) is 13.5. The third-order valence-corrected chi connectivity index (χ3v) is 5.80. The number of amides is 1. The second-order valence-electron chi connectivity index (χ2n) is 8.40. The number of phenols is 2. The molecule has 0 saturated carbocycles. The van der Waals surface area contributed by atoms with Crippen molar-refractivity contribution < 1.29 is 15.0 Å². The van der Waals surface area contributed by atoms with Crippen molar-refractivity contribution in [1.82, 2.24) is 0 Å². The van der Waals surface area contributed by atoms with Crippen molar-refractivity contribution in [2.75, 3.05) is 5.32 Å². The maximum atomic E-state index is 13.5. The zero-order chi connectivity index (χ0) is 23.4. The van der Waals surface area contributed by atoms with Crippen molar-refractivity contribution in [3.63, 3.8) is 0 Å². The van der Waals surface area contributed by atoms with Gasteiger partial charge in [-0.1, -0.05) is 74.5 Å². The van der Waals surface area contributed by atoms with Gasteiger partial charge in [-0.15, -0.1) is 0 Å². The fourth-order valence-corrected chi connectivity index (χ4v) is 4.14. The Morgan fingerprint density at radius 3 is 1.70 bits per heavy atom. The van der Waals surface area contributed by atoms with Crippen LogP contribution in [0.15, 0.2) is 97.1 Å². The first-order valence-corrected chi connectivity index (χ1v) is 11.0. The smallest absolute Gasteiger partial charge is 0.255 e. The number of benzene rings is 4. The molecule has 3 N–H and O–H groups in total. The first kappa shape index (κ1) is 22.2. The Morgan fingerprint density at radius 2 is 1.15 bits per heavy atom. The molecule has 4 nitrogen and oxygen atoms in total. The van der Waals surface area contributed by atoms with Crippen LogP contribution in [0, 0.1) is 0 Å². The van der Waals surface area contributed by atoms with Gasteiger partial charge in [0, 0.05) is 17.2 Å². The molecule has 0 unspecified atom stereocenters. The number of hydrogen-bond donors (Lipinski definition) is 3. The number of hydrogen-bond acceptors (Lipinski definition) is 3. The molecule has 33 heavy (non-hydrogen) atoms. The number of carbonyl (C=O) groups is 1. The number of aromatic hydroxyl groups is 2. The molecule has 4 aromatic carbocycles. The highest BCUT2D eigenvalue weighted by molar-refractivity contribution is 6.06. The summed E-state index contributed by atoms with van der Waals surface area (Å²) in [5.41, 5.74) is 5.16. The van der Waals surface area contributed by atoms with Crippen LogP contribution < -0.4 is 5.32 Å². The van der Waals surface area contributed by atoms with Crippen LogP contribution in [0.1, 0.15) is 58.3 Å². The van der Waals surface area contributed by atoms with E-state index in [4.69, 9.17) is 0 Å². The molecule has 0 aromatic heterocycles. The van der Waals surface area contributed by atoms with Crippen LogP contribution >= 0.6 is 0 Å². The van der Waals surface area contributed by atoms with E-state index in [9.17, 15) is 15.0 Å².